The van der Waals surface area contributed by atoms with E-state index in [0.29, 0.717) is 41.1 Å². The predicted octanol–water partition coefficient (Wildman–Crippen LogP) is 3.69. The van der Waals surface area contributed by atoms with Crippen molar-refractivity contribution < 1.29 is 9.29 Å². The lowest BCUT2D eigenvalue weighted by Gasteiger charge is -2.10. The van der Waals surface area contributed by atoms with Crippen molar-refractivity contribution in [2.45, 2.75) is 30.2 Å². The van der Waals surface area contributed by atoms with Crippen LogP contribution in [-0.4, -0.2) is 48.5 Å². The van der Waals surface area contributed by atoms with Crippen molar-refractivity contribution in [2.24, 2.45) is 7.05 Å². The Morgan fingerprint density at radius 1 is 1.39 bits per heavy atom. The van der Waals surface area contributed by atoms with Gasteiger partial charge in [-0.1, -0.05) is 0 Å². The second kappa shape index (κ2) is 8.27. The van der Waals surface area contributed by atoms with Gasteiger partial charge >= 0.3 is 0 Å². The molecule has 0 bridgehead atoms. The highest BCUT2D eigenvalue weighted by Gasteiger charge is 2.30. The Hall–Kier alpha value is -2.40. The van der Waals surface area contributed by atoms with E-state index in [4.69, 9.17) is 20.4 Å². The molecular formula is C21H24N6O2S2. The average Bonchev–Trinajstić information content (AvgIpc) is 3.17. The van der Waals surface area contributed by atoms with Crippen molar-refractivity contribution >= 4 is 39.2 Å². The number of fused-ring (bicyclic) bond motifs is 1. The molecule has 0 amide bonds. The molecule has 31 heavy (non-hydrogen) atoms. The lowest BCUT2D eigenvalue weighted by molar-refractivity contribution is 0.199. The van der Waals surface area contributed by atoms with Crippen molar-refractivity contribution in [2.75, 3.05) is 25.2 Å². The summed E-state index contributed by atoms with van der Waals surface area (Å²) in [5.74, 6) is 1.87. The summed E-state index contributed by atoms with van der Waals surface area (Å²) >= 11 is 0.248. The Balaban J connectivity index is 1.66. The number of pyridine rings is 1. The molecule has 10 heteroatoms. The molecule has 8 nitrogen and oxygen atoms in total. The first kappa shape index (κ1) is 20.5. The molecule has 1 fully saturated rings. The zero-order valence-corrected chi connectivity index (χ0v) is 19.1. The standard InChI is InChI=1S/C21H24N6O2S2/c1-27-15(12-4-5-12)11-24-19(27)13-10-14(20-23-6-8-30-20)25-18-16(13)17(22)21(26-18)31(28)9-3-7-29-2/h6,8,10-12H,3-5,7,9,22H2,1-2H3,(H,25,26). The molecule has 1 saturated carbocycles. The molecule has 3 N–H and O–H groups in total. The Morgan fingerprint density at radius 2 is 2.23 bits per heavy atom. The number of rotatable bonds is 8. The number of methoxy groups -OCH3 is 1. The van der Waals surface area contributed by atoms with Gasteiger partial charge in [0.05, 0.1) is 12.0 Å². The number of ether oxygens (including phenoxy) is 1. The molecule has 162 valence electrons. The number of nitrogens with two attached hydrogens (primary N) is 1. The topological polar surface area (TPSA) is 118 Å². The van der Waals surface area contributed by atoms with Crippen LogP contribution in [0.4, 0.5) is 5.69 Å². The van der Waals surface area contributed by atoms with Crippen molar-refractivity contribution in [1.29, 1.82) is 0 Å². The van der Waals surface area contributed by atoms with Crippen LogP contribution >= 0.6 is 11.3 Å². The summed E-state index contributed by atoms with van der Waals surface area (Å²) in [4.78, 5) is 17.1. The third-order valence-corrected chi connectivity index (χ3v) is 7.82. The van der Waals surface area contributed by atoms with Crippen molar-refractivity contribution in [3.05, 3.63) is 29.5 Å². The third kappa shape index (κ3) is 3.73. The smallest absolute Gasteiger partial charge is 0.248 e. The fourth-order valence-electron chi connectivity index (χ4n) is 3.88. The summed E-state index contributed by atoms with van der Waals surface area (Å²) in [6.07, 6.45) is 6.80. The quantitative estimate of drug-likeness (QED) is 0.308. The summed E-state index contributed by atoms with van der Waals surface area (Å²) in [7, 11) is 3.68. The van der Waals surface area contributed by atoms with Crippen LogP contribution in [0.15, 0.2) is 28.9 Å². The molecule has 1 aliphatic carbocycles. The molecule has 4 heterocycles. The Bertz CT molecular complexity index is 1210. The zero-order valence-electron chi connectivity index (χ0n) is 17.4. The molecule has 0 aliphatic heterocycles. The molecular weight excluding hydrogens is 432 g/mol. The minimum Gasteiger partial charge on any atom is -0.610 e. The van der Waals surface area contributed by atoms with Crippen LogP contribution in [0.2, 0.25) is 0 Å². The highest BCUT2D eigenvalue weighted by atomic mass is 32.2. The summed E-state index contributed by atoms with van der Waals surface area (Å²) in [5, 5.41) is 4.00. The van der Waals surface area contributed by atoms with Crippen LogP contribution in [0.3, 0.4) is 0 Å². The van der Waals surface area contributed by atoms with E-state index in [-0.39, 0.29) is 0 Å². The van der Waals surface area contributed by atoms with Gasteiger partial charge in [0, 0.05) is 66.7 Å². The maximum absolute atomic E-state index is 12.9. The van der Waals surface area contributed by atoms with Gasteiger partial charge in [-0.25, -0.2) is 15.0 Å². The van der Waals surface area contributed by atoms with Gasteiger partial charge in [-0.3, -0.25) is 4.98 Å². The minimum atomic E-state index is -1.28. The molecule has 0 aromatic carbocycles. The number of aromatic nitrogens is 5. The molecule has 1 atom stereocenters. The predicted molar refractivity (Wildman–Crippen MR) is 124 cm³/mol. The number of nitrogens with one attached hydrogen (secondary N) is 1. The molecule has 4 aromatic heterocycles. The van der Waals surface area contributed by atoms with Crippen LogP contribution in [0.5, 0.6) is 0 Å². The lowest BCUT2D eigenvalue weighted by Crippen LogP contribution is -2.11. The van der Waals surface area contributed by atoms with Crippen LogP contribution in [0.1, 0.15) is 30.9 Å². The van der Waals surface area contributed by atoms with E-state index in [9.17, 15) is 4.55 Å². The number of aromatic amines is 1. The van der Waals surface area contributed by atoms with Crippen molar-refractivity contribution in [1.82, 2.24) is 24.5 Å². The average molecular weight is 457 g/mol. The van der Waals surface area contributed by atoms with Crippen molar-refractivity contribution in [3.63, 3.8) is 0 Å². The SMILES string of the molecule is COCCC[S+]([O-])c1[nH]c2nc(-c3nccs3)cc(-c3ncc(C4CC4)n3C)c2c1N. The number of hydrogen-bond donors (Lipinski definition) is 2. The van der Waals surface area contributed by atoms with E-state index < -0.39 is 11.2 Å². The molecule has 4 aromatic rings. The fraction of sp³-hybridized carbons (Fsp3) is 0.381. The van der Waals surface area contributed by atoms with E-state index in [2.05, 4.69) is 14.5 Å². The maximum Gasteiger partial charge on any atom is 0.248 e. The summed E-state index contributed by atoms with van der Waals surface area (Å²) in [6, 6.07) is 1.99. The van der Waals surface area contributed by atoms with E-state index >= 15 is 0 Å². The second-order valence-corrected chi connectivity index (χ2v) is 10.1. The van der Waals surface area contributed by atoms with Gasteiger partial charge in [-0.05, 0) is 18.9 Å². The number of anilines is 1. The number of imidazole rings is 1. The summed E-state index contributed by atoms with van der Waals surface area (Å²) in [6.45, 7) is 0.556. The highest BCUT2D eigenvalue weighted by molar-refractivity contribution is 7.91. The van der Waals surface area contributed by atoms with E-state index in [1.807, 2.05) is 24.7 Å². The molecule has 0 spiro atoms. The molecule has 1 unspecified atom stereocenters. The monoisotopic (exact) mass is 456 g/mol. The number of H-pyrrole nitrogens is 1. The lowest BCUT2D eigenvalue weighted by atomic mass is 10.1. The Labute approximate surface area is 187 Å². The maximum atomic E-state index is 12.9. The molecule has 1 aliphatic rings. The highest BCUT2D eigenvalue weighted by Crippen LogP contribution is 2.43. The first-order valence-electron chi connectivity index (χ1n) is 10.2. The normalized spacial score (nSPS) is 15.1. The number of nitrogens with zero attached hydrogens (tertiary/aromatic N) is 4. The minimum absolute atomic E-state index is 0.466. The van der Waals surface area contributed by atoms with Crippen LogP contribution in [0, 0.1) is 0 Å². The fourth-order valence-corrected chi connectivity index (χ4v) is 5.62. The number of thiazole rings is 1. The summed E-state index contributed by atoms with van der Waals surface area (Å²) in [5.41, 5.74) is 10.5. The summed E-state index contributed by atoms with van der Waals surface area (Å²) < 4.78 is 20.2. The van der Waals surface area contributed by atoms with Gasteiger partial charge in [0.1, 0.15) is 33.6 Å². The Morgan fingerprint density at radius 3 is 2.94 bits per heavy atom. The van der Waals surface area contributed by atoms with E-state index in [1.165, 1.54) is 29.9 Å². The van der Waals surface area contributed by atoms with Gasteiger partial charge in [-0.2, -0.15) is 0 Å². The molecule has 0 radical (unpaired) electrons. The largest absolute Gasteiger partial charge is 0.610 e. The number of nitrogen functional groups attached to an aromatic ring is 1. The van der Waals surface area contributed by atoms with Gasteiger partial charge in [-0.15, -0.1) is 11.3 Å². The van der Waals surface area contributed by atoms with E-state index in [1.54, 1.807) is 13.3 Å². The second-order valence-electron chi connectivity index (χ2n) is 7.72. The molecule has 5 rings (SSSR count). The first-order chi connectivity index (χ1) is 15.1. The van der Waals surface area contributed by atoms with Crippen molar-refractivity contribution in [3.8, 4) is 22.1 Å². The van der Waals surface area contributed by atoms with Gasteiger partial charge in [0.15, 0.2) is 0 Å². The van der Waals surface area contributed by atoms with Crippen LogP contribution in [0.25, 0.3) is 33.1 Å². The van der Waals surface area contributed by atoms with Crippen LogP contribution < -0.4 is 5.73 Å². The molecule has 0 saturated heterocycles. The van der Waals surface area contributed by atoms with E-state index in [0.717, 1.165) is 27.5 Å². The first-order valence-corrected chi connectivity index (χ1v) is 12.4. The van der Waals surface area contributed by atoms with Gasteiger partial charge in [0.25, 0.3) is 0 Å². The third-order valence-electron chi connectivity index (χ3n) is 5.58. The van der Waals surface area contributed by atoms with Gasteiger partial charge in [0.2, 0.25) is 5.03 Å². The van der Waals surface area contributed by atoms with Crippen LogP contribution in [-0.2, 0) is 23.0 Å². The zero-order chi connectivity index (χ0) is 21.5. The number of hydrogen-bond acceptors (Lipinski definition) is 7. The Kier molecular flexibility index (Phi) is 5.47. The van der Waals surface area contributed by atoms with Gasteiger partial charge < -0.3 is 19.6 Å².